The number of nitrogens with zero attached hydrogens (tertiary/aromatic N) is 1. The fraction of sp³-hybridized carbons (Fsp3) is 0.154. The van der Waals surface area contributed by atoms with Gasteiger partial charge in [0, 0.05) is 12.1 Å². The zero-order valence-corrected chi connectivity index (χ0v) is 9.88. The van der Waals surface area contributed by atoms with Crippen LogP contribution in [-0.2, 0) is 6.54 Å². The zero-order valence-electron chi connectivity index (χ0n) is 9.06. The number of benzene rings is 1. The van der Waals surface area contributed by atoms with Gasteiger partial charge in [0.05, 0.1) is 6.07 Å². The Morgan fingerprint density at radius 1 is 1.35 bits per heavy atom. The van der Waals surface area contributed by atoms with Crippen LogP contribution in [0.25, 0.3) is 0 Å². The molecule has 0 saturated carbocycles. The Bertz CT molecular complexity index is 516. The quantitative estimate of drug-likeness (QED) is 0.899. The van der Waals surface area contributed by atoms with Crippen molar-refractivity contribution in [2.24, 2.45) is 0 Å². The second-order valence-corrected chi connectivity index (χ2v) is 4.37. The van der Waals surface area contributed by atoms with Gasteiger partial charge in [-0.2, -0.15) is 16.6 Å². The molecule has 1 atom stereocenters. The van der Waals surface area contributed by atoms with Gasteiger partial charge in [0.2, 0.25) is 0 Å². The largest absolute Gasteiger partial charge is 0.294 e. The van der Waals surface area contributed by atoms with Crippen molar-refractivity contribution < 1.29 is 4.39 Å². The van der Waals surface area contributed by atoms with E-state index < -0.39 is 0 Å². The molecule has 0 radical (unpaired) electrons. The second kappa shape index (κ2) is 5.58. The molecule has 0 spiro atoms. The molecule has 1 heterocycles. The summed E-state index contributed by atoms with van der Waals surface area (Å²) >= 11 is 1.54. The average Bonchev–Trinajstić information content (AvgIpc) is 2.86. The van der Waals surface area contributed by atoms with Crippen LogP contribution in [0.3, 0.4) is 0 Å². The summed E-state index contributed by atoms with van der Waals surface area (Å²) in [6.07, 6.45) is 0. The second-order valence-electron chi connectivity index (χ2n) is 3.59. The number of nitriles is 1. The van der Waals surface area contributed by atoms with Gasteiger partial charge in [0.25, 0.3) is 0 Å². The molecule has 0 aliphatic rings. The minimum absolute atomic E-state index is 0.248. The molecule has 0 amide bonds. The van der Waals surface area contributed by atoms with Crippen molar-refractivity contribution in [1.82, 2.24) is 5.32 Å². The highest BCUT2D eigenvalue weighted by Crippen LogP contribution is 2.16. The Kier molecular flexibility index (Phi) is 3.86. The maximum Gasteiger partial charge on any atom is 0.127 e. The van der Waals surface area contributed by atoms with Gasteiger partial charge in [0.15, 0.2) is 0 Å². The molecule has 1 N–H and O–H groups in total. The first-order valence-corrected chi connectivity index (χ1v) is 6.14. The molecular formula is C13H11FN2S. The monoisotopic (exact) mass is 246 g/mol. The van der Waals surface area contributed by atoms with Crippen LogP contribution in [0.4, 0.5) is 4.39 Å². The summed E-state index contributed by atoms with van der Waals surface area (Å²) in [5.41, 5.74) is 1.50. The molecule has 2 rings (SSSR count). The van der Waals surface area contributed by atoms with E-state index in [1.165, 1.54) is 6.07 Å². The lowest BCUT2D eigenvalue weighted by molar-refractivity contribution is 0.572. The standard InChI is InChI=1S/C13H11FN2S/c14-12-4-2-1-3-10(12)8-16-13(7-15)11-5-6-17-9-11/h1-6,9,13,16H,8H2. The Morgan fingerprint density at radius 2 is 2.18 bits per heavy atom. The summed E-state index contributed by atoms with van der Waals surface area (Å²) in [7, 11) is 0. The van der Waals surface area contributed by atoms with Gasteiger partial charge in [-0.05, 0) is 28.5 Å². The number of hydrogen-bond acceptors (Lipinski definition) is 3. The minimum Gasteiger partial charge on any atom is -0.294 e. The molecule has 1 aromatic heterocycles. The summed E-state index contributed by atoms with van der Waals surface area (Å²) in [5, 5.41) is 15.9. The van der Waals surface area contributed by atoms with Gasteiger partial charge in [-0.3, -0.25) is 5.32 Å². The number of halogens is 1. The smallest absolute Gasteiger partial charge is 0.127 e. The first kappa shape index (κ1) is 11.8. The van der Waals surface area contributed by atoms with Gasteiger partial charge in [-0.15, -0.1) is 0 Å². The molecule has 2 aromatic rings. The van der Waals surface area contributed by atoms with E-state index in [2.05, 4.69) is 11.4 Å². The van der Waals surface area contributed by atoms with E-state index in [0.29, 0.717) is 12.1 Å². The predicted octanol–water partition coefficient (Wildman–Crippen LogP) is 3.24. The van der Waals surface area contributed by atoms with Crippen molar-refractivity contribution in [1.29, 1.82) is 5.26 Å². The summed E-state index contributed by atoms with van der Waals surface area (Å²) in [5.74, 6) is -0.248. The molecule has 2 nitrogen and oxygen atoms in total. The van der Waals surface area contributed by atoms with Crippen molar-refractivity contribution in [3.05, 3.63) is 58.0 Å². The Balaban J connectivity index is 2.03. The third kappa shape index (κ3) is 2.90. The van der Waals surface area contributed by atoms with Gasteiger partial charge in [-0.1, -0.05) is 18.2 Å². The fourth-order valence-electron chi connectivity index (χ4n) is 1.53. The lowest BCUT2D eigenvalue weighted by Crippen LogP contribution is -2.19. The summed E-state index contributed by atoms with van der Waals surface area (Å²) in [6.45, 7) is 0.348. The minimum atomic E-state index is -0.388. The lowest BCUT2D eigenvalue weighted by Gasteiger charge is -2.10. The Hall–Kier alpha value is -1.70. The number of thiophene rings is 1. The summed E-state index contributed by atoms with van der Waals surface area (Å²) in [6, 6.07) is 10.2. The Morgan fingerprint density at radius 3 is 2.82 bits per heavy atom. The molecule has 1 aromatic carbocycles. The molecule has 0 saturated heterocycles. The molecule has 0 aliphatic carbocycles. The van der Waals surface area contributed by atoms with Crippen molar-refractivity contribution >= 4 is 11.3 Å². The van der Waals surface area contributed by atoms with Crippen LogP contribution < -0.4 is 5.32 Å². The van der Waals surface area contributed by atoms with Crippen LogP contribution in [0.1, 0.15) is 17.2 Å². The molecule has 4 heteroatoms. The van der Waals surface area contributed by atoms with Crippen LogP contribution in [-0.4, -0.2) is 0 Å². The lowest BCUT2D eigenvalue weighted by atomic mass is 10.1. The normalized spacial score (nSPS) is 12.0. The van der Waals surface area contributed by atoms with Crippen LogP contribution in [0.15, 0.2) is 41.1 Å². The molecule has 86 valence electrons. The number of nitrogens with one attached hydrogen (secondary N) is 1. The fourth-order valence-corrected chi connectivity index (χ4v) is 2.22. The van der Waals surface area contributed by atoms with Crippen LogP contribution in [0, 0.1) is 17.1 Å². The van der Waals surface area contributed by atoms with Crippen molar-refractivity contribution in [2.45, 2.75) is 12.6 Å². The van der Waals surface area contributed by atoms with Crippen molar-refractivity contribution in [3.8, 4) is 6.07 Å². The number of hydrogen-bond donors (Lipinski definition) is 1. The van der Waals surface area contributed by atoms with Gasteiger partial charge in [-0.25, -0.2) is 4.39 Å². The maximum absolute atomic E-state index is 13.4. The van der Waals surface area contributed by atoms with Crippen LogP contribution in [0.5, 0.6) is 0 Å². The van der Waals surface area contributed by atoms with E-state index in [1.54, 1.807) is 29.5 Å². The topological polar surface area (TPSA) is 35.8 Å². The third-order valence-corrected chi connectivity index (χ3v) is 3.16. The maximum atomic E-state index is 13.4. The van der Waals surface area contributed by atoms with E-state index in [4.69, 9.17) is 5.26 Å². The van der Waals surface area contributed by atoms with E-state index in [9.17, 15) is 4.39 Å². The Labute approximate surface area is 103 Å². The summed E-state index contributed by atoms with van der Waals surface area (Å²) in [4.78, 5) is 0. The predicted molar refractivity (Wildman–Crippen MR) is 65.9 cm³/mol. The average molecular weight is 246 g/mol. The molecule has 0 bridgehead atoms. The van der Waals surface area contributed by atoms with E-state index in [0.717, 1.165) is 5.56 Å². The molecular weight excluding hydrogens is 235 g/mol. The van der Waals surface area contributed by atoms with Crippen LogP contribution in [0.2, 0.25) is 0 Å². The van der Waals surface area contributed by atoms with Gasteiger partial charge < -0.3 is 0 Å². The molecule has 0 aliphatic heterocycles. The SMILES string of the molecule is N#CC(NCc1ccccc1F)c1ccsc1. The van der Waals surface area contributed by atoms with Crippen molar-refractivity contribution in [3.63, 3.8) is 0 Å². The van der Waals surface area contributed by atoms with E-state index in [-0.39, 0.29) is 11.9 Å². The van der Waals surface area contributed by atoms with Gasteiger partial charge in [0.1, 0.15) is 11.9 Å². The van der Waals surface area contributed by atoms with Crippen LogP contribution >= 0.6 is 11.3 Å². The molecule has 1 unspecified atom stereocenters. The third-order valence-electron chi connectivity index (χ3n) is 2.46. The zero-order chi connectivity index (χ0) is 12.1. The van der Waals surface area contributed by atoms with Gasteiger partial charge >= 0.3 is 0 Å². The van der Waals surface area contributed by atoms with E-state index in [1.807, 2.05) is 16.8 Å². The first-order valence-electron chi connectivity index (χ1n) is 5.20. The highest BCUT2D eigenvalue weighted by molar-refractivity contribution is 7.08. The first-order chi connectivity index (χ1) is 8.31. The summed E-state index contributed by atoms with van der Waals surface area (Å²) < 4.78 is 13.4. The number of rotatable bonds is 4. The van der Waals surface area contributed by atoms with Crippen molar-refractivity contribution in [2.75, 3.05) is 0 Å². The molecule has 0 fully saturated rings. The molecule has 17 heavy (non-hydrogen) atoms. The van der Waals surface area contributed by atoms with E-state index >= 15 is 0 Å². The highest BCUT2D eigenvalue weighted by Gasteiger charge is 2.10. The highest BCUT2D eigenvalue weighted by atomic mass is 32.1.